The van der Waals surface area contributed by atoms with Crippen molar-refractivity contribution in [2.24, 2.45) is 0 Å². The van der Waals surface area contributed by atoms with Gasteiger partial charge in [-0.15, -0.1) is 12.4 Å². The monoisotopic (exact) mass is 340 g/mol. The van der Waals surface area contributed by atoms with Crippen molar-refractivity contribution in [2.75, 3.05) is 13.1 Å². The Hall–Kier alpha value is -1.69. The molecular weight excluding hydrogens is 323 g/mol. The van der Waals surface area contributed by atoms with Crippen molar-refractivity contribution in [3.63, 3.8) is 0 Å². The van der Waals surface area contributed by atoms with E-state index >= 15 is 0 Å². The van der Waals surface area contributed by atoms with Gasteiger partial charge >= 0.3 is 0 Å². The van der Waals surface area contributed by atoms with E-state index in [1.54, 1.807) is 24.4 Å². The van der Waals surface area contributed by atoms with E-state index in [2.05, 4.69) is 20.6 Å². The Kier molecular flexibility index (Phi) is 8.43. The van der Waals surface area contributed by atoms with Crippen molar-refractivity contribution in [1.82, 2.24) is 20.6 Å². The van der Waals surface area contributed by atoms with E-state index in [-0.39, 0.29) is 18.3 Å². The Balaban J connectivity index is 0.00000242. The average molecular weight is 341 g/mol. The number of pyridine rings is 2. The number of aromatic nitrogens is 2. The lowest BCUT2D eigenvalue weighted by molar-refractivity contribution is 0.0948. The van der Waals surface area contributed by atoms with E-state index in [1.807, 2.05) is 18.3 Å². The van der Waals surface area contributed by atoms with Crippen LogP contribution < -0.4 is 10.6 Å². The number of nitrogens with one attached hydrogen (secondary N) is 2. The van der Waals surface area contributed by atoms with Gasteiger partial charge in [0.25, 0.3) is 5.91 Å². The maximum atomic E-state index is 11.8. The minimum absolute atomic E-state index is 0. The summed E-state index contributed by atoms with van der Waals surface area (Å²) in [4.78, 5) is 19.8. The number of carbonyl (C=O) groups excluding carboxylic acids is 1. The Labute approximate surface area is 140 Å². The SMILES string of the molecule is Cl.O=C(NCCCNCc1cccnc1)c1cccc(Cl)n1. The highest BCUT2D eigenvalue weighted by Gasteiger charge is 2.06. The number of hydrogen-bond donors (Lipinski definition) is 2. The summed E-state index contributed by atoms with van der Waals surface area (Å²) in [5.74, 6) is -0.204. The first kappa shape index (κ1) is 18.4. The van der Waals surface area contributed by atoms with Crippen LogP contribution in [0.4, 0.5) is 0 Å². The molecule has 2 aromatic rings. The van der Waals surface area contributed by atoms with E-state index in [0.29, 0.717) is 17.4 Å². The molecule has 0 saturated heterocycles. The molecule has 0 atom stereocenters. The molecule has 1 amide bonds. The molecule has 2 rings (SSSR count). The smallest absolute Gasteiger partial charge is 0.269 e. The number of rotatable bonds is 7. The minimum atomic E-state index is -0.204. The van der Waals surface area contributed by atoms with Gasteiger partial charge in [0, 0.05) is 25.5 Å². The van der Waals surface area contributed by atoms with E-state index in [4.69, 9.17) is 11.6 Å². The molecule has 0 aliphatic carbocycles. The molecule has 0 spiro atoms. The van der Waals surface area contributed by atoms with Crippen LogP contribution in [0.1, 0.15) is 22.5 Å². The van der Waals surface area contributed by atoms with Crippen molar-refractivity contribution in [3.8, 4) is 0 Å². The second kappa shape index (κ2) is 10.1. The zero-order valence-corrected chi connectivity index (χ0v) is 13.5. The van der Waals surface area contributed by atoms with Crippen LogP contribution >= 0.6 is 24.0 Å². The van der Waals surface area contributed by atoms with Gasteiger partial charge in [-0.3, -0.25) is 9.78 Å². The standard InChI is InChI=1S/C15H17ClN4O.ClH/c16-14-6-1-5-13(20-14)15(21)19-9-3-8-18-11-12-4-2-7-17-10-12;/h1-2,4-7,10,18H,3,8-9,11H2,(H,19,21);1H. The quantitative estimate of drug-likeness (QED) is 0.600. The Morgan fingerprint density at radius 1 is 1.18 bits per heavy atom. The first-order valence-corrected chi connectivity index (χ1v) is 7.14. The zero-order chi connectivity index (χ0) is 14.9. The molecule has 0 aliphatic rings. The predicted octanol–water partition coefficient (Wildman–Crippen LogP) is 2.46. The molecule has 0 saturated carbocycles. The summed E-state index contributed by atoms with van der Waals surface area (Å²) in [6.07, 6.45) is 4.43. The van der Waals surface area contributed by atoms with Crippen LogP contribution in [0.5, 0.6) is 0 Å². The van der Waals surface area contributed by atoms with Gasteiger partial charge in [0.1, 0.15) is 10.8 Å². The molecule has 2 N–H and O–H groups in total. The first-order valence-electron chi connectivity index (χ1n) is 6.76. The lowest BCUT2D eigenvalue weighted by atomic mass is 10.3. The van der Waals surface area contributed by atoms with Crippen molar-refractivity contribution in [1.29, 1.82) is 0 Å². The third-order valence-corrected chi connectivity index (χ3v) is 3.03. The molecule has 5 nitrogen and oxygen atoms in total. The summed E-state index contributed by atoms with van der Waals surface area (Å²) in [5.41, 5.74) is 1.48. The third kappa shape index (κ3) is 6.39. The normalized spacial score (nSPS) is 9.86. The number of carbonyl (C=O) groups is 1. The number of halogens is 2. The van der Waals surface area contributed by atoms with Crippen LogP contribution in [0.2, 0.25) is 5.15 Å². The molecule has 118 valence electrons. The molecule has 0 radical (unpaired) electrons. The topological polar surface area (TPSA) is 66.9 Å². The molecule has 0 bridgehead atoms. The molecule has 2 heterocycles. The van der Waals surface area contributed by atoms with E-state index < -0.39 is 0 Å². The lowest BCUT2D eigenvalue weighted by Crippen LogP contribution is -2.27. The highest BCUT2D eigenvalue weighted by atomic mass is 35.5. The van der Waals surface area contributed by atoms with Gasteiger partial charge in [-0.2, -0.15) is 0 Å². The highest BCUT2D eigenvalue weighted by molar-refractivity contribution is 6.29. The van der Waals surface area contributed by atoms with Crippen LogP contribution in [-0.4, -0.2) is 29.0 Å². The van der Waals surface area contributed by atoms with Crippen molar-refractivity contribution >= 4 is 29.9 Å². The summed E-state index contributed by atoms with van der Waals surface area (Å²) >= 11 is 5.74. The molecular formula is C15H18Cl2N4O. The fourth-order valence-electron chi connectivity index (χ4n) is 1.78. The Morgan fingerprint density at radius 3 is 2.77 bits per heavy atom. The fourth-order valence-corrected chi connectivity index (χ4v) is 1.94. The maximum absolute atomic E-state index is 11.8. The molecule has 2 aromatic heterocycles. The van der Waals surface area contributed by atoms with Gasteiger partial charge in [-0.25, -0.2) is 4.98 Å². The highest BCUT2D eigenvalue weighted by Crippen LogP contribution is 2.04. The van der Waals surface area contributed by atoms with Gasteiger partial charge in [0.2, 0.25) is 0 Å². The zero-order valence-electron chi connectivity index (χ0n) is 12.0. The summed E-state index contributed by atoms with van der Waals surface area (Å²) in [5, 5.41) is 6.43. The molecule has 0 unspecified atom stereocenters. The molecule has 0 aromatic carbocycles. The van der Waals surface area contributed by atoms with Crippen LogP contribution in [0.25, 0.3) is 0 Å². The summed E-state index contributed by atoms with van der Waals surface area (Å²) in [7, 11) is 0. The van der Waals surface area contributed by atoms with Crippen molar-refractivity contribution in [2.45, 2.75) is 13.0 Å². The van der Waals surface area contributed by atoms with Gasteiger partial charge in [-0.05, 0) is 36.7 Å². The predicted molar refractivity (Wildman–Crippen MR) is 89.4 cm³/mol. The second-order valence-corrected chi connectivity index (χ2v) is 4.88. The lowest BCUT2D eigenvalue weighted by Gasteiger charge is -2.06. The molecule has 0 aliphatic heterocycles. The van der Waals surface area contributed by atoms with Gasteiger partial charge in [0.15, 0.2) is 0 Å². The number of amides is 1. The fraction of sp³-hybridized carbons (Fsp3) is 0.267. The van der Waals surface area contributed by atoms with Crippen molar-refractivity contribution < 1.29 is 4.79 Å². The minimum Gasteiger partial charge on any atom is -0.351 e. The van der Waals surface area contributed by atoms with Gasteiger partial charge in [-0.1, -0.05) is 23.7 Å². The van der Waals surface area contributed by atoms with Crippen LogP contribution in [0.15, 0.2) is 42.7 Å². The van der Waals surface area contributed by atoms with E-state index in [9.17, 15) is 4.79 Å². The van der Waals surface area contributed by atoms with Crippen LogP contribution in [0, 0.1) is 0 Å². The molecule has 22 heavy (non-hydrogen) atoms. The summed E-state index contributed by atoms with van der Waals surface area (Å²) < 4.78 is 0. The summed E-state index contributed by atoms with van der Waals surface area (Å²) in [6, 6.07) is 8.92. The average Bonchev–Trinajstić information content (AvgIpc) is 2.51. The van der Waals surface area contributed by atoms with E-state index in [1.165, 1.54) is 0 Å². The number of hydrogen-bond acceptors (Lipinski definition) is 4. The van der Waals surface area contributed by atoms with Crippen molar-refractivity contribution in [3.05, 3.63) is 59.1 Å². The van der Waals surface area contributed by atoms with Gasteiger partial charge < -0.3 is 10.6 Å². The van der Waals surface area contributed by atoms with E-state index in [0.717, 1.165) is 25.1 Å². The Bertz CT molecular complexity index is 581. The van der Waals surface area contributed by atoms with Crippen LogP contribution in [-0.2, 0) is 6.54 Å². The third-order valence-electron chi connectivity index (χ3n) is 2.82. The largest absolute Gasteiger partial charge is 0.351 e. The summed E-state index contributed by atoms with van der Waals surface area (Å²) in [6.45, 7) is 2.18. The van der Waals surface area contributed by atoms with Crippen LogP contribution in [0.3, 0.4) is 0 Å². The molecule has 7 heteroatoms. The second-order valence-electron chi connectivity index (χ2n) is 4.49. The first-order chi connectivity index (χ1) is 10.3. The Morgan fingerprint density at radius 2 is 2.05 bits per heavy atom. The number of nitrogens with zero attached hydrogens (tertiary/aromatic N) is 2. The maximum Gasteiger partial charge on any atom is 0.269 e. The molecule has 0 fully saturated rings. The van der Waals surface area contributed by atoms with Gasteiger partial charge in [0.05, 0.1) is 0 Å².